The quantitative estimate of drug-likeness (QED) is 0.702. The van der Waals surface area contributed by atoms with Gasteiger partial charge in [-0.05, 0) is 37.0 Å². The second-order valence-electron chi connectivity index (χ2n) is 7.11. The highest BCUT2D eigenvalue weighted by molar-refractivity contribution is 5.97. The maximum absolute atomic E-state index is 12.4. The minimum Gasteiger partial charge on any atom is -0.353 e. The number of nitrogens with zero attached hydrogens (tertiary/aromatic N) is 1. The highest BCUT2D eigenvalue weighted by Crippen LogP contribution is 2.23. The van der Waals surface area contributed by atoms with Gasteiger partial charge in [0.15, 0.2) is 0 Å². The Kier molecular flexibility index (Phi) is 7.62. The lowest BCUT2D eigenvalue weighted by Crippen LogP contribution is -2.49. The standard InChI is InChI=1S/C19H26N4O3.ClH/c20-16-3-1-2-15(10-16)18(25)22-11-13-4-6-14(7-5-13)19(26)23-9-8-21-17(24)12-23;/h4-7,15-16H,1-3,8-12,20H2,(H,21,24)(H,22,25);1H. The van der Waals surface area contributed by atoms with E-state index in [0.717, 1.165) is 31.2 Å². The molecule has 3 rings (SSSR count). The first-order valence-electron chi connectivity index (χ1n) is 9.21. The van der Waals surface area contributed by atoms with Crippen molar-refractivity contribution >= 4 is 30.1 Å². The van der Waals surface area contributed by atoms with Crippen molar-refractivity contribution in [1.29, 1.82) is 0 Å². The fraction of sp³-hybridized carbons (Fsp3) is 0.526. The van der Waals surface area contributed by atoms with Gasteiger partial charge in [-0.1, -0.05) is 18.6 Å². The van der Waals surface area contributed by atoms with Crippen LogP contribution in [0.2, 0.25) is 0 Å². The molecule has 2 fully saturated rings. The molecule has 148 valence electrons. The van der Waals surface area contributed by atoms with Crippen molar-refractivity contribution in [3.05, 3.63) is 35.4 Å². The van der Waals surface area contributed by atoms with Crippen molar-refractivity contribution in [1.82, 2.24) is 15.5 Å². The molecule has 1 saturated carbocycles. The molecule has 0 radical (unpaired) electrons. The summed E-state index contributed by atoms with van der Waals surface area (Å²) < 4.78 is 0. The number of hydrogen-bond donors (Lipinski definition) is 3. The van der Waals surface area contributed by atoms with Crippen LogP contribution in [0, 0.1) is 5.92 Å². The number of halogens is 1. The first kappa shape index (κ1) is 21.2. The molecule has 0 aromatic heterocycles. The van der Waals surface area contributed by atoms with E-state index in [9.17, 15) is 14.4 Å². The average Bonchev–Trinajstić information content (AvgIpc) is 2.66. The van der Waals surface area contributed by atoms with Crippen LogP contribution in [-0.2, 0) is 16.1 Å². The van der Waals surface area contributed by atoms with Crippen LogP contribution in [0.1, 0.15) is 41.6 Å². The normalized spacial score (nSPS) is 22.4. The molecule has 2 atom stereocenters. The van der Waals surface area contributed by atoms with Crippen molar-refractivity contribution in [3.8, 4) is 0 Å². The lowest BCUT2D eigenvalue weighted by atomic mass is 9.85. The highest BCUT2D eigenvalue weighted by atomic mass is 35.5. The van der Waals surface area contributed by atoms with Crippen LogP contribution in [0.3, 0.4) is 0 Å². The molecular formula is C19H27ClN4O3. The molecule has 0 bridgehead atoms. The number of hydrogen-bond acceptors (Lipinski definition) is 4. The van der Waals surface area contributed by atoms with Crippen molar-refractivity contribution in [3.63, 3.8) is 0 Å². The van der Waals surface area contributed by atoms with E-state index < -0.39 is 0 Å². The lowest BCUT2D eigenvalue weighted by Gasteiger charge is -2.26. The fourth-order valence-corrected chi connectivity index (χ4v) is 3.56. The summed E-state index contributed by atoms with van der Waals surface area (Å²) in [7, 11) is 0. The number of benzene rings is 1. The SMILES string of the molecule is Cl.NC1CCCC(C(=O)NCc2ccc(C(=O)N3CCNC(=O)C3)cc2)C1. The summed E-state index contributed by atoms with van der Waals surface area (Å²) >= 11 is 0. The summed E-state index contributed by atoms with van der Waals surface area (Å²) in [4.78, 5) is 37.6. The number of carbonyl (C=O) groups is 3. The number of nitrogens with two attached hydrogens (primary N) is 1. The van der Waals surface area contributed by atoms with Crippen molar-refractivity contribution < 1.29 is 14.4 Å². The van der Waals surface area contributed by atoms with E-state index in [0.29, 0.717) is 25.2 Å². The Morgan fingerprint density at radius 1 is 1.22 bits per heavy atom. The summed E-state index contributed by atoms with van der Waals surface area (Å²) in [6.45, 7) is 1.54. The van der Waals surface area contributed by atoms with E-state index in [4.69, 9.17) is 5.73 Å². The molecule has 3 amide bonds. The minimum absolute atomic E-state index is 0. The maximum Gasteiger partial charge on any atom is 0.254 e. The summed E-state index contributed by atoms with van der Waals surface area (Å²) in [5.74, 6) is -0.220. The van der Waals surface area contributed by atoms with Gasteiger partial charge in [-0.25, -0.2) is 0 Å². The topological polar surface area (TPSA) is 105 Å². The van der Waals surface area contributed by atoms with Crippen LogP contribution < -0.4 is 16.4 Å². The Hall–Kier alpha value is -2.12. The molecule has 27 heavy (non-hydrogen) atoms. The summed E-state index contributed by atoms with van der Waals surface area (Å²) in [5, 5.41) is 5.67. The van der Waals surface area contributed by atoms with Crippen LogP contribution in [0.5, 0.6) is 0 Å². The molecule has 8 heteroatoms. The molecule has 2 unspecified atom stereocenters. The molecule has 1 aromatic carbocycles. The zero-order valence-corrected chi connectivity index (χ0v) is 16.1. The maximum atomic E-state index is 12.4. The van der Waals surface area contributed by atoms with Crippen LogP contribution in [0.15, 0.2) is 24.3 Å². The largest absolute Gasteiger partial charge is 0.353 e. The van der Waals surface area contributed by atoms with Crippen LogP contribution in [0.4, 0.5) is 0 Å². The van der Waals surface area contributed by atoms with Crippen molar-refractivity contribution in [2.24, 2.45) is 11.7 Å². The third-order valence-corrected chi connectivity index (χ3v) is 5.08. The van der Waals surface area contributed by atoms with Gasteiger partial charge in [0.1, 0.15) is 0 Å². The molecule has 0 spiro atoms. The van der Waals surface area contributed by atoms with Gasteiger partial charge >= 0.3 is 0 Å². The van der Waals surface area contributed by atoms with Gasteiger partial charge in [0.2, 0.25) is 11.8 Å². The number of amides is 3. The van der Waals surface area contributed by atoms with E-state index >= 15 is 0 Å². The monoisotopic (exact) mass is 394 g/mol. The minimum atomic E-state index is -0.147. The molecule has 1 heterocycles. The summed E-state index contributed by atoms with van der Waals surface area (Å²) in [6, 6.07) is 7.29. The van der Waals surface area contributed by atoms with E-state index in [1.165, 1.54) is 0 Å². The second-order valence-corrected chi connectivity index (χ2v) is 7.11. The molecule has 7 nitrogen and oxygen atoms in total. The van der Waals surface area contributed by atoms with Gasteiger partial charge in [0.05, 0.1) is 6.54 Å². The van der Waals surface area contributed by atoms with Gasteiger partial charge in [-0.15, -0.1) is 12.4 Å². The van der Waals surface area contributed by atoms with Gasteiger partial charge in [0.25, 0.3) is 5.91 Å². The van der Waals surface area contributed by atoms with E-state index in [1.54, 1.807) is 17.0 Å². The van der Waals surface area contributed by atoms with E-state index in [-0.39, 0.29) is 48.6 Å². The molecule has 2 aliphatic rings. The molecule has 1 aliphatic carbocycles. The van der Waals surface area contributed by atoms with E-state index in [2.05, 4.69) is 10.6 Å². The third kappa shape index (κ3) is 5.68. The van der Waals surface area contributed by atoms with Crippen molar-refractivity contribution in [2.75, 3.05) is 19.6 Å². The van der Waals surface area contributed by atoms with E-state index in [1.807, 2.05) is 12.1 Å². The summed E-state index contributed by atoms with van der Waals surface area (Å²) in [6.07, 6.45) is 3.65. The zero-order valence-electron chi connectivity index (χ0n) is 15.3. The average molecular weight is 395 g/mol. The van der Waals surface area contributed by atoms with Gasteiger partial charge < -0.3 is 21.3 Å². The van der Waals surface area contributed by atoms with Gasteiger partial charge in [-0.2, -0.15) is 0 Å². The molecule has 1 saturated heterocycles. The van der Waals surface area contributed by atoms with Crippen LogP contribution >= 0.6 is 12.4 Å². The number of carbonyl (C=O) groups excluding carboxylic acids is 3. The number of nitrogens with one attached hydrogen (secondary N) is 2. The molecule has 1 aliphatic heterocycles. The number of rotatable bonds is 4. The van der Waals surface area contributed by atoms with Gasteiger partial charge in [0, 0.05) is 37.2 Å². The van der Waals surface area contributed by atoms with Crippen molar-refractivity contribution in [2.45, 2.75) is 38.3 Å². The zero-order chi connectivity index (χ0) is 18.5. The first-order valence-corrected chi connectivity index (χ1v) is 9.21. The Labute approximate surface area is 165 Å². The third-order valence-electron chi connectivity index (χ3n) is 5.08. The number of piperazine rings is 1. The molecule has 1 aromatic rings. The predicted octanol–water partition coefficient (Wildman–Crippen LogP) is 0.814. The first-order chi connectivity index (χ1) is 12.5. The van der Waals surface area contributed by atoms with Crippen LogP contribution in [0.25, 0.3) is 0 Å². The molecular weight excluding hydrogens is 368 g/mol. The van der Waals surface area contributed by atoms with Gasteiger partial charge in [-0.3, -0.25) is 14.4 Å². The Balaban J connectivity index is 0.00000261. The Morgan fingerprint density at radius 2 is 1.96 bits per heavy atom. The predicted molar refractivity (Wildman–Crippen MR) is 104 cm³/mol. The Morgan fingerprint density at radius 3 is 2.63 bits per heavy atom. The highest BCUT2D eigenvalue weighted by Gasteiger charge is 2.25. The smallest absolute Gasteiger partial charge is 0.254 e. The Bertz CT molecular complexity index is 680. The lowest BCUT2D eigenvalue weighted by molar-refractivity contribution is -0.126. The van der Waals surface area contributed by atoms with Crippen LogP contribution in [-0.4, -0.2) is 48.3 Å². The fourth-order valence-electron chi connectivity index (χ4n) is 3.56. The summed E-state index contributed by atoms with van der Waals surface area (Å²) in [5.41, 5.74) is 7.43. The molecule has 4 N–H and O–H groups in total. The second kappa shape index (κ2) is 9.71.